The van der Waals surface area contributed by atoms with E-state index < -0.39 is 17.6 Å². The summed E-state index contributed by atoms with van der Waals surface area (Å²) in [6.07, 6.45) is 3.20. The van der Waals surface area contributed by atoms with E-state index in [9.17, 15) is 23.5 Å². The van der Waals surface area contributed by atoms with Gasteiger partial charge in [-0.15, -0.1) is 0 Å². The third-order valence-corrected chi connectivity index (χ3v) is 8.31. The number of fused-ring (bicyclic) bond motifs is 1. The van der Waals surface area contributed by atoms with Crippen molar-refractivity contribution in [2.75, 3.05) is 5.32 Å². The summed E-state index contributed by atoms with van der Waals surface area (Å²) in [4.78, 5) is 26.2. The number of nitrogens with zero attached hydrogens (tertiary/aromatic N) is 1. The maximum atomic E-state index is 14.1. The highest BCUT2D eigenvalue weighted by atomic mass is 35.5. The van der Waals surface area contributed by atoms with E-state index in [0.29, 0.717) is 27.1 Å². The molecule has 0 atom stereocenters. The van der Waals surface area contributed by atoms with Crippen LogP contribution in [0.25, 0.3) is 22.0 Å². The van der Waals surface area contributed by atoms with E-state index in [1.807, 2.05) is 6.07 Å². The van der Waals surface area contributed by atoms with Crippen LogP contribution in [-0.4, -0.2) is 21.6 Å². The minimum atomic E-state index is -1.21. The molecule has 220 valence electrons. The molecule has 2 N–H and O–H groups in total. The molecule has 5 nitrogen and oxygen atoms in total. The Hall–Kier alpha value is -3.71. The Kier molecular flexibility index (Phi) is 7.92. The molecule has 4 aromatic rings. The topological polar surface area (TPSA) is 71.3 Å². The first-order valence-electron chi connectivity index (χ1n) is 14.1. The van der Waals surface area contributed by atoms with Crippen LogP contribution in [0.3, 0.4) is 0 Å². The molecule has 1 amide bonds. The van der Waals surface area contributed by atoms with Gasteiger partial charge in [-0.3, -0.25) is 4.79 Å². The molecule has 1 saturated carbocycles. The van der Waals surface area contributed by atoms with Gasteiger partial charge in [0.15, 0.2) is 5.69 Å². The van der Waals surface area contributed by atoms with Gasteiger partial charge < -0.3 is 15.0 Å². The van der Waals surface area contributed by atoms with Crippen LogP contribution in [0, 0.1) is 28.4 Å². The zero-order valence-corrected chi connectivity index (χ0v) is 25.0. The van der Waals surface area contributed by atoms with Gasteiger partial charge in [0.05, 0.1) is 11.2 Å². The second kappa shape index (κ2) is 11.2. The zero-order valence-electron chi connectivity index (χ0n) is 24.2. The summed E-state index contributed by atoms with van der Waals surface area (Å²) in [6.45, 7) is 9.07. The van der Waals surface area contributed by atoms with Gasteiger partial charge in [0, 0.05) is 29.4 Å². The van der Waals surface area contributed by atoms with Crippen molar-refractivity contribution in [3.8, 4) is 11.1 Å². The highest BCUT2D eigenvalue weighted by molar-refractivity contribution is 6.30. The van der Waals surface area contributed by atoms with E-state index in [1.54, 1.807) is 41.0 Å². The van der Waals surface area contributed by atoms with Crippen molar-refractivity contribution in [3.05, 3.63) is 88.6 Å². The molecular weight excluding hydrogens is 558 g/mol. The second-order valence-corrected chi connectivity index (χ2v) is 13.6. The number of carbonyl (C=O) groups excluding carboxylic acids is 1. The van der Waals surface area contributed by atoms with Crippen LogP contribution >= 0.6 is 11.6 Å². The van der Waals surface area contributed by atoms with Crippen molar-refractivity contribution in [2.45, 2.75) is 59.9 Å². The fraction of sp³-hybridized carbons (Fsp3) is 0.353. The summed E-state index contributed by atoms with van der Waals surface area (Å²) < 4.78 is 29.7. The van der Waals surface area contributed by atoms with Crippen LogP contribution in [0.1, 0.15) is 69.4 Å². The summed E-state index contributed by atoms with van der Waals surface area (Å²) in [6, 6.07) is 15.4. The normalized spacial score (nSPS) is 16.5. The number of aromatic carboxylic acids is 1. The van der Waals surface area contributed by atoms with Gasteiger partial charge >= 0.3 is 5.97 Å². The molecule has 0 radical (unpaired) electrons. The van der Waals surface area contributed by atoms with E-state index in [-0.39, 0.29) is 47.0 Å². The second-order valence-electron chi connectivity index (χ2n) is 13.2. The fourth-order valence-corrected chi connectivity index (χ4v) is 7.47. The Morgan fingerprint density at radius 2 is 1.62 bits per heavy atom. The molecule has 0 saturated heterocycles. The van der Waals surface area contributed by atoms with E-state index in [0.717, 1.165) is 30.9 Å². The number of rotatable bonds is 7. The van der Waals surface area contributed by atoms with Gasteiger partial charge in [-0.05, 0) is 83.0 Å². The van der Waals surface area contributed by atoms with Gasteiger partial charge in [0.25, 0.3) is 0 Å². The summed E-state index contributed by atoms with van der Waals surface area (Å²) >= 11 is 6.22. The van der Waals surface area contributed by atoms with Crippen LogP contribution in [0.4, 0.5) is 14.5 Å². The molecule has 3 aromatic carbocycles. The number of benzene rings is 3. The molecule has 0 unspecified atom stereocenters. The summed E-state index contributed by atoms with van der Waals surface area (Å²) in [5.41, 5.74) is 2.43. The average molecular weight is 593 g/mol. The third-order valence-electron chi connectivity index (χ3n) is 8.07. The molecule has 1 fully saturated rings. The summed E-state index contributed by atoms with van der Waals surface area (Å²) in [5.74, 6) is -2.71. The van der Waals surface area contributed by atoms with Crippen molar-refractivity contribution >= 4 is 40.1 Å². The predicted molar refractivity (Wildman–Crippen MR) is 163 cm³/mol. The van der Waals surface area contributed by atoms with Gasteiger partial charge in [0.1, 0.15) is 11.6 Å². The maximum absolute atomic E-state index is 14.1. The van der Waals surface area contributed by atoms with Gasteiger partial charge in [0.2, 0.25) is 5.91 Å². The number of hydrogen-bond donors (Lipinski definition) is 2. The standard InChI is InChI=1S/C34H35ClF2N2O3/c1-33(2)16-21(17-34(3,4)19-33)11-29(40)38-30-27-9-8-22(23-12-25(36)15-26(37)13-23)14-28(27)39(31(30)32(41)42)18-20-6-5-7-24(35)10-20/h5-10,12-15,21H,11,16-19H2,1-4H3,(H,38,40)(H,41,42). The largest absolute Gasteiger partial charge is 0.477 e. The Balaban J connectivity index is 1.59. The summed E-state index contributed by atoms with van der Waals surface area (Å²) in [7, 11) is 0. The third kappa shape index (κ3) is 6.51. The predicted octanol–water partition coefficient (Wildman–Crippen LogP) is 9.17. The van der Waals surface area contributed by atoms with E-state index in [1.165, 1.54) is 12.1 Å². The minimum Gasteiger partial charge on any atom is -0.477 e. The molecule has 1 aromatic heterocycles. The molecule has 1 aliphatic carbocycles. The van der Waals surface area contributed by atoms with Crippen molar-refractivity contribution in [1.82, 2.24) is 4.57 Å². The molecule has 5 rings (SSSR count). The number of anilines is 1. The highest BCUT2D eigenvalue weighted by Crippen LogP contribution is 2.49. The van der Waals surface area contributed by atoms with Crippen molar-refractivity contribution in [2.24, 2.45) is 16.7 Å². The van der Waals surface area contributed by atoms with Gasteiger partial charge in [-0.2, -0.15) is 0 Å². The van der Waals surface area contributed by atoms with Crippen molar-refractivity contribution < 1.29 is 23.5 Å². The highest BCUT2D eigenvalue weighted by Gasteiger charge is 2.39. The molecule has 1 heterocycles. The number of nitrogens with one attached hydrogen (secondary N) is 1. The van der Waals surface area contributed by atoms with Gasteiger partial charge in [-0.1, -0.05) is 63.6 Å². The lowest BCUT2D eigenvalue weighted by Crippen LogP contribution is -2.35. The molecule has 1 aliphatic rings. The first-order chi connectivity index (χ1) is 19.7. The first kappa shape index (κ1) is 29.8. The Labute approximate surface area is 249 Å². The Bertz CT molecular complexity index is 1660. The molecular formula is C34H35ClF2N2O3. The van der Waals surface area contributed by atoms with Gasteiger partial charge in [-0.25, -0.2) is 13.6 Å². The maximum Gasteiger partial charge on any atom is 0.354 e. The number of carbonyl (C=O) groups is 2. The SMILES string of the molecule is CC1(C)CC(CC(=O)Nc2c(C(=O)O)n(Cc3cccc(Cl)c3)c3cc(-c4cc(F)cc(F)c4)ccc23)CC(C)(C)C1. The molecule has 0 bridgehead atoms. The Morgan fingerprint density at radius 3 is 2.24 bits per heavy atom. The molecule has 0 spiro atoms. The zero-order chi connectivity index (χ0) is 30.4. The smallest absolute Gasteiger partial charge is 0.354 e. The number of amides is 1. The molecule has 42 heavy (non-hydrogen) atoms. The average Bonchev–Trinajstić information content (AvgIpc) is 3.13. The number of aromatic nitrogens is 1. The number of hydrogen-bond acceptors (Lipinski definition) is 2. The van der Waals surface area contributed by atoms with Crippen LogP contribution < -0.4 is 5.32 Å². The monoisotopic (exact) mass is 592 g/mol. The Morgan fingerprint density at radius 1 is 0.952 bits per heavy atom. The lowest BCUT2D eigenvalue weighted by Gasteiger charge is -2.45. The van der Waals surface area contributed by atoms with Crippen molar-refractivity contribution in [1.29, 1.82) is 0 Å². The number of carboxylic acid groups (broad SMARTS) is 1. The number of carboxylic acids is 1. The molecule has 0 aliphatic heterocycles. The van der Waals surface area contributed by atoms with Crippen LogP contribution in [0.15, 0.2) is 60.7 Å². The summed E-state index contributed by atoms with van der Waals surface area (Å²) in [5, 5.41) is 14.4. The lowest BCUT2D eigenvalue weighted by molar-refractivity contribution is -0.118. The lowest BCUT2D eigenvalue weighted by atomic mass is 9.61. The molecule has 8 heteroatoms. The van der Waals surface area contributed by atoms with E-state index in [4.69, 9.17) is 11.6 Å². The van der Waals surface area contributed by atoms with Crippen LogP contribution in [-0.2, 0) is 11.3 Å². The van der Waals surface area contributed by atoms with E-state index in [2.05, 4.69) is 33.0 Å². The fourth-order valence-electron chi connectivity index (χ4n) is 7.25. The van der Waals surface area contributed by atoms with E-state index >= 15 is 0 Å². The quantitative estimate of drug-likeness (QED) is 0.225. The number of halogens is 3. The van der Waals surface area contributed by atoms with Crippen molar-refractivity contribution in [3.63, 3.8) is 0 Å². The first-order valence-corrected chi connectivity index (χ1v) is 14.5. The van der Waals surface area contributed by atoms with Crippen LogP contribution in [0.2, 0.25) is 5.02 Å². The van der Waals surface area contributed by atoms with Crippen LogP contribution in [0.5, 0.6) is 0 Å². The minimum absolute atomic E-state index is 0.0785.